The average molecular weight is 1080 g/mol. The fraction of sp³-hybridized carbons (Fsp3) is 0.269. The zero-order chi connectivity index (χ0) is 50.2. The fourth-order valence-electron chi connectivity index (χ4n) is 7.22. The molecule has 6 aromatic rings. The Labute approximate surface area is 420 Å². The molecule has 362 valence electrons. The lowest BCUT2D eigenvalue weighted by Crippen LogP contribution is -2.17. The Hall–Kier alpha value is -6.96. The van der Waals surface area contributed by atoms with Crippen LogP contribution in [0.5, 0.6) is 23.5 Å². The predicted octanol–water partition coefficient (Wildman–Crippen LogP) is 10.5. The highest BCUT2D eigenvalue weighted by molar-refractivity contribution is 9.10. The third-order valence-electron chi connectivity index (χ3n) is 11.0. The van der Waals surface area contributed by atoms with E-state index in [9.17, 15) is 28.9 Å². The minimum Gasteiger partial charge on any atom is -0.481 e. The highest BCUT2D eigenvalue weighted by Gasteiger charge is 2.19. The Bertz CT molecular complexity index is 2750. The van der Waals surface area contributed by atoms with Gasteiger partial charge in [0, 0.05) is 37.1 Å². The molecule has 0 unspecified atom stereocenters. The third kappa shape index (κ3) is 14.5. The number of hydrogen-bond acceptors (Lipinski definition) is 12. The van der Waals surface area contributed by atoms with E-state index < -0.39 is 23.6 Å². The van der Waals surface area contributed by atoms with E-state index in [-0.39, 0.29) is 73.9 Å². The van der Waals surface area contributed by atoms with E-state index >= 15 is 0 Å². The van der Waals surface area contributed by atoms with Gasteiger partial charge >= 0.3 is 11.9 Å². The van der Waals surface area contributed by atoms with E-state index in [1.54, 1.807) is 0 Å². The number of ether oxygens (including phenoxy) is 4. The van der Waals surface area contributed by atoms with E-state index in [0.29, 0.717) is 70.2 Å². The SMILES string of the molecule is Cc1c(COc2nc(OCc3ccc(F)c(C#N)c3)c(CNCCCC(=O)O)cc2Br)cccc1-c1cccc(COc2nc(OCc3ccc(F)c(C#N)c3)c(CNCCCC(=O)O)cc2Br)c1C. The maximum absolute atomic E-state index is 14.0. The number of benzene rings is 4. The molecule has 0 aliphatic heterocycles. The lowest BCUT2D eigenvalue weighted by atomic mass is 9.92. The van der Waals surface area contributed by atoms with Gasteiger partial charge in [-0.25, -0.2) is 8.78 Å². The van der Waals surface area contributed by atoms with Gasteiger partial charge in [-0.05, 0) is 153 Å². The van der Waals surface area contributed by atoms with Crippen LogP contribution in [0.3, 0.4) is 0 Å². The van der Waals surface area contributed by atoms with Crippen LogP contribution in [0.15, 0.2) is 93.9 Å². The molecule has 18 heteroatoms. The average Bonchev–Trinajstić information content (AvgIpc) is 3.33. The number of rotatable bonds is 25. The number of nitriles is 2. The van der Waals surface area contributed by atoms with Crippen LogP contribution in [-0.2, 0) is 49.1 Å². The molecule has 0 aliphatic carbocycles. The van der Waals surface area contributed by atoms with Crippen molar-refractivity contribution in [3.8, 4) is 46.8 Å². The normalized spacial score (nSPS) is 10.9. The summed E-state index contributed by atoms with van der Waals surface area (Å²) in [7, 11) is 0. The smallest absolute Gasteiger partial charge is 0.303 e. The number of carbonyl (C=O) groups is 2. The standard InChI is InChI=1S/C52H48Br2F2N6O8/c1-31-35(29-69-51-43(53)21-39(25-59-17-5-11-47(63)64)49(61-51)67-27-33-13-15-45(55)37(19-33)23-57)7-3-9-41(31)42-10-4-8-36(32(42)2)30-70-52-44(54)22-40(26-60-18-6-12-48(65)66)50(62-52)68-28-34-14-16-46(56)38(20-34)24-58/h3-4,7-10,13-16,19-22,59-60H,5-6,11-12,17-18,25-30H2,1-2H3,(H,63,64)(H,65,66). The van der Waals surface area contributed by atoms with Crippen molar-refractivity contribution in [2.45, 2.75) is 79.0 Å². The molecule has 2 heterocycles. The summed E-state index contributed by atoms with van der Waals surface area (Å²) in [6, 6.07) is 27.5. The number of carboxylic acids is 2. The summed E-state index contributed by atoms with van der Waals surface area (Å²) in [6.07, 6.45) is 0.908. The summed E-state index contributed by atoms with van der Waals surface area (Å²) < 4.78 is 54.1. The Morgan fingerprint density at radius 3 is 1.37 bits per heavy atom. The maximum atomic E-state index is 14.0. The molecule has 70 heavy (non-hydrogen) atoms. The molecule has 0 fully saturated rings. The van der Waals surface area contributed by atoms with E-state index in [4.69, 9.17) is 39.1 Å². The van der Waals surface area contributed by atoms with Crippen LogP contribution in [0.4, 0.5) is 8.78 Å². The number of aromatic nitrogens is 2. The van der Waals surface area contributed by atoms with Gasteiger partial charge in [0.05, 0.1) is 20.1 Å². The molecule has 4 N–H and O–H groups in total. The summed E-state index contributed by atoms with van der Waals surface area (Å²) in [4.78, 5) is 31.4. The van der Waals surface area contributed by atoms with Crippen LogP contribution in [0, 0.1) is 48.1 Å². The number of hydrogen-bond donors (Lipinski definition) is 4. The highest BCUT2D eigenvalue weighted by Crippen LogP contribution is 2.35. The molecule has 4 aromatic carbocycles. The van der Waals surface area contributed by atoms with Gasteiger partial charge in [-0.3, -0.25) is 9.59 Å². The lowest BCUT2D eigenvalue weighted by molar-refractivity contribution is -0.138. The number of aliphatic carboxylic acids is 2. The first-order chi connectivity index (χ1) is 33.7. The zero-order valence-electron chi connectivity index (χ0n) is 38.2. The van der Waals surface area contributed by atoms with Crippen LogP contribution in [0.25, 0.3) is 11.1 Å². The van der Waals surface area contributed by atoms with Crippen molar-refractivity contribution in [1.29, 1.82) is 10.5 Å². The Kier molecular flexibility index (Phi) is 19.2. The second-order valence-corrected chi connectivity index (χ2v) is 17.7. The molecule has 0 bridgehead atoms. The monoisotopic (exact) mass is 1080 g/mol. The van der Waals surface area contributed by atoms with Crippen molar-refractivity contribution in [2.75, 3.05) is 13.1 Å². The minimum absolute atomic E-state index is 0.00378. The van der Waals surface area contributed by atoms with E-state index in [1.165, 1.54) is 36.4 Å². The fourth-order valence-corrected chi connectivity index (χ4v) is 8.18. The number of halogens is 4. The number of pyridine rings is 2. The first kappa shape index (κ1) is 52.4. The maximum Gasteiger partial charge on any atom is 0.303 e. The van der Waals surface area contributed by atoms with Gasteiger partial charge in [0.1, 0.15) is 50.2 Å². The summed E-state index contributed by atoms with van der Waals surface area (Å²) in [6.45, 7) is 5.86. The van der Waals surface area contributed by atoms with Gasteiger partial charge in [0.2, 0.25) is 23.5 Å². The van der Waals surface area contributed by atoms with Gasteiger partial charge in [-0.2, -0.15) is 20.5 Å². The van der Waals surface area contributed by atoms with Gasteiger partial charge in [0.25, 0.3) is 0 Å². The summed E-state index contributed by atoms with van der Waals surface area (Å²) >= 11 is 7.20. The number of nitrogens with zero attached hydrogens (tertiary/aromatic N) is 4. The summed E-state index contributed by atoms with van der Waals surface area (Å²) in [5.74, 6) is -2.00. The quantitative estimate of drug-likeness (QED) is 0.0393. The second-order valence-electron chi connectivity index (χ2n) is 16.0. The summed E-state index contributed by atoms with van der Waals surface area (Å²) in [5.41, 5.74) is 7.96. The second kappa shape index (κ2) is 25.6. The van der Waals surface area contributed by atoms with E-state index in [1.807, 2.05) is 74.5 Å². The number of nitrogens with one attached hydrogen (secondary N) is 2. The third-order valence-corrected chi connectivity index (χ3v) is 12.2. The summed E-state index contributed by atoms with van der Waals surface area (Å²) in [5, 5.41) is 43.2. The van der Waals surface area contributed by atoms with E-state index in [2.05, 4.69) is 42.5 Å². The van der Waals surface area contributed by atoms with Crippen LogP contribution in [0.2, 0.25) is 0 Å². The molecule has 0 atom stereocenters. The Balaban J connectivity index is 1.18. The molecule has 0 saturated heterocycles. The molecule has 0 radical (unpaired) electrons. The molecular formula is C52H48Br2F2N6O8. The lowest BCUT2D eigenvalue weighted by Gasteiger charge is -2.18. The Morgan fingerprint density at radius 1 is 0.586 bits per heavy atom. The topological polar surface area (TPSA) is 209 Å². The van der Waals surface area contributed by atoms with Gasteiger partial charge in [0.15, 0.2) is 0 Å². The number of carboxylic acid groups (broad SMARTS) is 2. The van der Waals surface area contributed by atoms with Gasteiger partial charge in [-0.1, -0.05) is 48.5 Å². The first-order valence-electron chi connectivity index (χ1n) is 22.0. The minimum atomic E-state index is -0.881. The molecule has 14 nitrogen and oxygen atoms in total. The molecule has 0 amide bonds. The largest absolute Gasteiger partial charge is 0.481 e. The molecule has 0 spiro atoms. The van der Waals surface area contributed by atoms with Crippen molar-refractivity contribution in [1.82, 2.24) is 20.6 Å². The predicted molar refractivity (Wildman–Crippen MR) is 262 cm³/mol. The van der Waals surface area contributed by atoms with E-state index in [0.717, 1.165) is 33.4 Å². The molecule has 0 saturated carbocycles. The molecule has 0 aliphatic rings. The van der Waals surface area contributed by atoms with Gasteiger partial charge < -0.3 is 39.8 Å². The van der Waals surface area contributed by atoms with Crippen molar-refractivity contribution in [3.05, 3.63) is 161 Å². The van der Waals surface area contributed by atoms with Crippen molar-refractivity contribution < 1.29 is 47.5 Å². The van der Waals surface area contributed by atoms with Crippen molar-refractivity contribution in [2.24, 2.45) is 0 Å². The molecular weight excluding hydrogens is 1030 g/mol. The van der Waals surface area contributed by atoms with Crippen molar-refractivity contribution >= 4 is 43.8 Å². The zero-order valence-corrected chi connectivity index (χ0v) is 41.4. The van der Waals surface area contributed by atoms with Crippen LogP contribution in [-0.4, -0.2) is 45.2 Å². The Morgan fingerprint density at radius 2 is 0.986 bits per heavy atom. The molecule has 2 aromatic heterocycles. The highest BCUT2D eigenvalue weighted by atomic mass is 79.9. The molecule has 6 rings (SSSR count). The van der Waals surface area contributed by atoms with Crippen LogP contribution >= 0.6 is 31.9 Å². The van der Waals surface area contributed by atoms with Crippen LogP contribution in [0.1, 0.15) is 81.3 Å². The van der Waals surface area contributed by atoms with Crippen LogP contribution < -0.4 is 29.6 Å². The van der Waals surface area contributed by atoms with Gasteiger partial charge in [-0.15, -0.1) is 0 Å². The first-order valence-corrected chi connectivity index (χ1v) is 23.6. The van der Waals surface area contributed by atoms with Crippen molar-refractivity contribution in [3.63, 3.8) is 0 Å².